The minimum atomic E-state index is -0.195. The lowest BCUT2D eigenvalue weighted by Crippen LogP contribution is -2.28. The summed E-state index contributed by atoms with van der Waals surface area (Å²) in [5, 5.41) is 16.7. The predicted molar refractivity (Wildman–Crippen MR) is 120 cm³/mol. The summed E-state index contributed by atoms with van der Waals surface area (Å²) in [5.41, 5.74) is 9.46. The number of amides is 1. The van der Waals surface area contributed by atoms with E-state index in [9.17, 15) is 4.79 Å². The van der Waals surface area contributed by atoms with Gasteiger partial charge in [0, 0.05) is 35.6 Å². The van der Waals surface area contributed by atoms with E-state index >= 15 is 0 Å². The number of ether oxygens (including phenoxy) is 1. The van der Waals surface area contributed by atoms with Gasteiger partial charge in [-0.15, -0.1) is 0 Å². The third kappa shape index (κ3) is 5.23. The second kappa shape index (κ2) is 9.78. The topological polar surface area (TPSA) is 128 Å². The number of nitrogens with zero attached hydrogens (tertiary/aromatic N) is 4. The van der Waals surface area contributed by atoms with Gasteiger partial charge in [-0.2, -0.15) is 10.1 Å². The van der Waals surface area contributed by atoms with Crippen LogP contribution in [0, 0.1) is 12.8 Å². The van der Waals surface area contributed by atoms with Crippen LogP contribution in [0.15, 0.2) is 42.9 Å². The molecule has 1 aromatic carbocycles. The molecule has 0 bridgehead atoms. The standard InChI is InChI=1S/C23H28N6O3/c1-15-10-17(12-19(11-15)27-23-25-7-6-21(28-23)32-9-8-30)18-13-26-29(14-18)20-4-2-16(3-5-20)22(24)31/h6-7,10-14,16,20,30H,2-5,8-9H2,1H3,(H2,24,31)(H,25,27,28). The molecule has 9 nitrogen and oxygen atoms in total. The largest absolute Gasteiger partial charge is 0.475 e. The van der Waals surface area contributed by atoms with Crippen LogP contribution in [-0.2, 0) is 4.79 Å². The van der Waals surface area contributed by atoms with E-state index < -0.39 is 0 Å². The average molecular weight is 437 g/mol. The molecule has 1 aliphatic rings. The van der Waals surface area contributed by atoms with Gasteiger partial charge < -0.3 is 20.9 Å². The Morgan fingerprint density at radius 3 is 2.81 bits per heavy atom. The first-order valence-electron chi connectivity index (χ1n) is 10.8. The second-order valence-corrected chi connectivity index (χ2v) is 8.12. The van der Waals surface area contributed by atoms with E-state index in [0.29, 0.717) is 11.8 Å². The average Bonchev–Trinajstić information content (AvgIpc) is 3.28. The van der Waals surface area contributed by atoms with Gasteiger partial charge in [0.1, 0.15) is 6.61 Å². The number of nitrogens with two attached hydrogens (primary N) is 1. The number of anilines is 2. The van der Waals surface area contributed by atoms with Crippen LogP contribution in [0.25, 0.3) is 11.1 Å². The van der Waals surface area contributed by atoms with Gasteiger partial charge in [0.15, 0.2) is 0 Å². The van der Waals surface area contributed by atoms with E-state index in [2.05, 4.69) is 32.6 Å². The van der Waals surface area contributed by atoms with Crippen molar-refractivity contribution in [2.45, 2.75) is 38.6 Å². The summed E-state index contributed by atoms with van der Waals surface area (Å²) in [7, 11) is 0. The number of hydrogen-bond donors (Lipinski definition) is 3. The summed E-state index contributed by atoms with van der Waals surface area (Å²) in [6, 6.07) is 8.09. The smallest absolute Gasteiger partial charge is 0.230 e. The molecule has 4 rings (SSSR count). The van der Waals surface area contributed by atoms with Crippen LogP contribution in [-0.4, -0.2) is 44.0 Å². The van der Waals surface area contributed by atoms with E-state index in [1.807, 2.05) is 29.9 Å². The molecule has 0 radical (unpaired) electrons. The molecule has 0 unspecified atom stereocenters. The van der Waals surface area contributed by atoms with Gasteiger partial charge in [0.25, 0.3) is 0 Å². The summed E-state index contributed by atoms with van der Waals surface area (Å²) in [6.45, 7) is 2.14. The maximum absolute atomic E-state index is 11.4. The number of benzene rings is 1. The number of aliphatic hydroxyl groups is 1. The van der Waals surface area contributed by atoms with Crippen LogP contribution >= 0.6 is 0 Å². The highest BCUT2D eigenvalue weighted by Crippen LogP contribution is 2.33. The summed E-state index contributed by atoms with van der Waals surface area (Å²) >= 11 is 0. The quantitative estimate of drug-likeness (QED) is 0.495. The van der Waals surface area contributed by atoms with Crippen molar-refractivity contribution >= 4 is 17.5 Å². The fourth-order valence-electron chi connectivity index (χ4n) is 4.10. The van der Waals surface area contributed by atoms with Gasteiger partial charge in [-0.05, 0) is 55.9 Å². The Kier molecular flexibility index (Phi) is 6.65. The molecule has 0 atom stereocenters. The highest BCUT2D eigenvalue weighted by molar-refractivity contribution is 5.76. The van der Waals surface area contributed by atoms with Gasteiger partial charge in [0.05, 0.1) is 18.8 Å². The van der Waals surface area contributed by atoms with Crippen LogP contribution < -0.4 is 15.8 Å². The van der Waals surface area contributed by atoms with Crippen molar-refractivity contribution in [3.05, 3.63) is 48.4 Å². The second-order valence-electron chi connectivity index (χ2n) is 8.12. The maximum Gasteiger partial charge on any atom is 0.230 e. The third-order valence-corrected chi connectivity index (χ3v) is 5.71. The lowest BCUT2D eigenvalue weighted by Gasteiger charge is -2.26. The molecule has 32 heavy (non-hydrogen) atoms. The maximum atomic E-state index is 11.4. The van der Waals surface area contributed by atoms with Gasteiger partial charge >= 0.3 is 0 Å². The number of aromatic nitrogens is 4. The zero-order chi connectivity index (χ0) is 22.5. The predicted octanol–water partition coefficient (Wildman–Crippen LogP) is 2.98. The number of carbonyl (C=O) groups excluding carboxylic acids is 1. The Balaban J connectivity index is 1.48. The van der Waals surface area contributed by atoms with Crippen LogP contribution in [0.1, 0.15) is 37.3 Å². The normalized spacial score (nSPS) is 18.3. The lowest BCUT2D eigenvalue weighted by atomic mass is 9.86. The van der Waals surface area contributed by atoms with Gasteiger partial charge in [0.2, 0.25) is 17.7 Å². The first-order chi connectivity index (χ1) is 15.5. The Morgan fingerprint density at radius 1 is 1.25 bits per heavy atom. The summed E-state index contributed by atoms with van der Waals surface area (Å²) < 4.78 is 7.36. The molecule has 1 saturated carbocycles. The Labute approximate surface area is 186 Å². The number of rotatable bonds is 8. The fraction of sp³-hybridized carbons (Fsp3) is 0.391. The van der Waals surface area contributed by atoms with Crippen molar-refractivity contribution in [3.8, 4) is 17.0 Å². The van der Waals surface area contributed by atoms with Crippen LogP contribution in [0.2, 0.25) is 0 Å². The minimum Gasteiger partial charge on any atom is -0.475 e. The van der Waals surface area contributed by atoms with E-state index in [1.165, 1.54) is 0 Å². The Bertz CT molecular complexity index is 1080. The van der Waals surface area contributed by atoms with E-state index in [-0.39, 0.29) is 31.1 Å². The molecule has 1 fully saturated rings. The van der Waals surface area contributed by atoms with E-state index in [0.717, 1.165) is 48.1 Å². The molecule has 1 amide bonds. The minimum absolute atomic E-state index is 0.0125. The number of aliphatic hydroxyl groups excluding tert-OH is 1. The van der Waals surface area contributed by atoms with Gasteiger partial charge in [-0.1, -0.05) is 6.07 Å². The summed E-state index contributed by atoms with van der Waals surface area (Å²) in [5.74, 6) is 0.607. The van der Waals surface area contributed by atoms with Crippen LogP contribution in [0.5, 0.6) is 5.88 Å². The molecule has 168 valence electrons. The molecule has 0 spiro atoms. The van der Waals surface area contributed by atoms with E-state index in [1.54, 1.807) is 12.3 Å². The van der Waals surface area contributed by atoms with Crippen molar-refractivity contribution in [2.24, 2.45) is 11.7 Å². The SMILES string of the molecule is Cc1cc(Nc2nccc(OCCO)n2)cc(-c2cnn(C3CCC(C(N)=O)CC3)c2)c1. The zero-order valence-corrected chi connectivity index (χ0v) is 18.1. The zero-order valence-electron chi connectivity index (χ0n) is 18.1. The summed E-state index contributed by atoms with van der Waals surface area (Å²) in [6.07, 6.45) is 8.98. The number of aryl methyl sites for hydroxylation is 1. The first-order valence-corrected chi connectivity index (χ1v) is 10.8. The number of nitrogens with one attached hydrogen (secondary N) is 1. The third-order valence-electron chi connectivity index (χ3n) is 5.71. The summed E-state index contributed by atoms with van der Waals surface area (Å²) in [4.78, 5) is 20.0. The molecule has 0 aliphatic heterocycles. The molecular formula is C23H28N6O3. The van der Waals surface area contributed by atoms with Crippen LogP contribution in [0.4, 0.5) is 11.6 Å². The number of carbonyl (C=O) groups is 1. The molecule has 2 heterocycles. The molecule has 0 saturated heterocycles. The Morgan fingerprint density at radius 2 is 2.06 bits per heavy atom. The van der Waals surface area contributed by atoms with Crippen molar-refractivity contribution in [1.82, 2.24) is 19.7 Å². The molecule has 3 aromatic rings. The number of hydrogen-bond acceptors (Lipinski definition) is 7. The molecule has 4 N–H and O–H groups in total. The van der Waals surface area contributed by atoms with Crippen LogP contribution in [0.3, 0.4) is 0 Å². The van der Waals surface area contributed by atoms with Crippen molar-refractivity contribution in [2.75, 3.05) is 18.5 Å². The van der Waals surface area contributed by atoms with Crippen molar-refractivity contribution < 1.29 is 14.6 Å². The highest BCUT2D eigenvalue weighted by Gasteiger charge is 2.26. The molecule has 1 aliphatic carbocycles. The lowest BCUT2D eigenvalue weighted by molar-refractivity contribution is -0.122. The number of primary amides is 1. The fourth-order valence-corrected chi connectivity index (χ4v) is 4.10. The van der Waals surface area contributed by atoms with Gasteiger partial charge in [-0.25, -0.2) is 4.98 Å². The van der Waals surface area contributed by atoms with Gasteiger partial charge in [-0.3, -0.25) is 9.48 Å². The molecule has 9 heteroatoms. The Hall–Kier alpha value is -3.46. The first kappa shape index (κ1) is 21.8. The molecular weight excluding hydrogens is 408 g/mol. The van der Waals surface area contributed by atoms with Crippen molar-refractivity contribution in [3.63, 3.8) is 0 Å². The van der Waals surface area contributed by atoms with Crippen molar-refractivity contribution in [1.29, 1.82) is 0 Å². The van der Waals surface area contributed by atoms with E-state index in [4.69, 9.17) is 15.6 Å². The molecule has 2 aromatic heterocycles. The monoisotopic (exact) mass is 436 g/mol. The highest BCUT2D eigenvalue weighted by atomic mass is 16.5.